The van der Waals surface area contributed by atoms with Gasteiger partial charge in [-0.2, -0.15) is 0 Å². The molecule has 33 heavy (non-hydrogen) atoms. The van der Waals surface area contributed by atoms with Gasteiger partial charge in [-0.3, -0.25) is 0 Å². The van der Waals surface area contributed by atoms with Crippen molar-refractivity contribution >= 4 is 9.84 Å². The normalized spacial score (nSPS) is 12.5. The molecule has 2 nitrogen and oxygen atoms in total. The van der Waals surface area contributed by atoms with Crippen molar-refractivity contribution in [2.45, 2.75) is 48.3 Å². The van der Waals surface area contributed by atoms with E-state index >= 15 is 0 Å². The van der Waals surface area contributed by atoms with Crippen LogP contribution in [0.15, 0.2) is 119 Å². The van der Waals surface area contributed by atoms with Crippen molar-refractivity contribution in [2.75, 3.05) is 0 Å². The third kappa shape index (κ3) is 4.38. The molecular formula is C30H30O2S. The van der Waals surface area contributed by atoms with Gasteiger partial charge in [-0.25, -0.2) is 8.42 Å². The lowest BCUT2D eigenvalue weighted by atomic mass is 9.78. The molecule has 0 fully saturated rings. The molecule has 0 saturated carbocycles. The Kier molecular flexibility index (Phi) is 6.02. The fourth-order valence-electron chi connectivity index (χ4n) is 4.28. The minimum atomic E-state index is -3.67. The van der Waals surface area contributed by atoms with Gasteiger partial charge in [0.15, 0.2) is 0 Å². The van der Waals surface area contributed by atoms with Crippen LogP contribution in [-0.2, 0) is 20.7 Å². The van der Waals surface area contributed by atoms with Crippen molar-refractivity contribution in [1.82, 2.24) is 0 Å². The minimum absolute atomic E-state index is 0.316. The van der Waals surface area contributed by atoms with E-state index < -0.39 is 9.84 Å². The summed E-state index contributed by atoms with van der Waals surface area (Å²) in [5.41, 5.74) is 3.59. The van der Waals surface area contributed by atoms with Crippen LogP contribution in [0.5, 0.6) is 0 Å². The zero-order valence-electron chi connectivity index (χ0n) is 19.6. The maximum Gasteiger partial charge on any atom is 0.206 e. The maximum atomic E-state index is 13.7. The van der Waals surface area contributed by atoms with Gasteiger partial charge < -0.3 is 0 Å². The van der Waals surface area contributed by atoms with Crippen molar-refractivity contribution in [3.05, 3.63) is 131 Å². The summed E-state index contributed by atoms with van der Waals surface area (Å²) < 4.78 is 27.3. The standard InChI is InChI=1S/C30H30O2S/c1-29(2,23-13-7-5-8-14-23)25-17-11-19-27(21-25)33(31,32)28-20-12-18-26(22-28)30(3,4)24-15-9-6-10-16-24/h5-22H,1-4H3. The van der Waals surface area contributed by atoms with E-state index in [2.05, 4.69) is 52.0 Å². The van der Waals surface area contributed by atoms with Gasteiger partial charge in [0, 0.05) is 10.8 Å². The van der Waals surface area contributed by atoms with Crippen LogP contribution in [0.4, 0.5) is 0 Å². The highest BCUT2D eigenvalue weighted by Crippen LogP contribution is 2.35. The lowest BCUT2D eigenvalue weighted by molar-refractivity contribution is 0.593. The van der Waals surface area contributed by atoms with Gasteiger partial charge in [-0.15, -0.1) is 0 Å². The molecular weight excluding hydrogens is 424 g/mol. The Balaban J connectivity index is 1.75. The molecule has 3 heteroatoms. The Hall–Kier alpha value is -3.17. The average molecular weight is 455 g/mol. The molecule has 0 amide bonds. The highest BCUT2D eigenvalue weighted by Gasteiger charge is 2.28. The third-order valence-electron chi connectivity index (χ3n) is 6.72. The fraction of sp³-hybridized carbons (Fsp3) is 0.200. The van der Waals surface area contributed by atoms with Gasteiger partial charge in [0.05, 0.1) is 9.79 Å². The Bertz CT molecular complexity index is 1250. The molecule has 0 aliphatic rings. The second-order valence-corrected chi connectivity index (χ2v) is 11.5. The second kappa shape index (κ2) is 8.64. The van der Waals surface area contributed by atoms with Crippen molar-refractivity contribution in [2.24, 2.45) is 0 Å². The van der Waals surface area contributed by atoms with Crippen LogP contribution in [0.1, 0.15) is 49.9 Å². The summed E-state index contributed by atoms with van der Waals surface area (Å²) in [6.45, 7) is 8.49. The molecule has 0 aliphatic carbocycles. The van der Waals surface area contributed by atoms with Crippen LogP contribution in [0.2, 0.25) is 0 Å². The first-order valence-electron chi connectivity index (χ1n) is 11.2. The lowest BCUT2D eigenvalue weighted by Crippen LogP contribution is -2.20. The molecule has 0 aromatic heterocycles. The quantitative estimate of drug-likeness (QED) is 0.309. The molecule has 4 aromatic carbocycles. The van der Waals surface area contributed by atoms with E-state index in [0.29, 0.717) is 9.79 Å². The first-order valence-corrected chi connectivity index (χ1v) is 12.7. The topological polar surface area (TPSA) is 34.1 Å². The van der Waals surface area contributed by atoms with Crippen molar-refractivity contribution < 1.29 is 8.42 Å². The zero-order valence-corrected chi connectivity index (χ0v) is 20.4. The molecule has 0 spiro atoms. The molecule has 168 valence electrons. The smallest absolute Gasteiger partial charge is 0.206 e. The van der Waals surface area contributed by atoms with Crippen molar-refractivity contribution in [1.29, 1.82) is 0 Å². The van der Waals surface area contributed by atoms with Crippen LogP contribution in [-0.4, -0.2) is 8.42 Å². The molecule has 0 unspecified atom stereocenters. The SMILES string of the molecule is CC(C)(c1ccccc1)c1cccc(S(=O)(=O)c2cccc(C(C)(C)c3ccccc3)c2)c1. The molecule has 0 atom stereocenters. The maximum absolute atomic E-state index is 13.7. The van der Waals surface area contributed by atoms with Gasteiger partial charge in [0.1, 0.15) is 0 Å². The molecule has 0 radical (unpaired) electrons. The molecule has 0 aliphatic heterocycles. The van der Waals surface area contributed by atoms with E-state index in [4.69, 9.17) is 0 Å². The summed E-state index contributed by atoms with van der Waals surface area (Å²) in [7, 11) is -3.67. The number of rotatable bonds is 6. The predicted octanol–water partition coefficient (Wildman–Crippen LogP) is 7.17. The van der Waals surface area contributed by atoms with Crippen molar-refractivity contribution in [3.63, 3.8) is 0 Å². The average Bonchev–Trinajstić information content (AvgIpc) is 2.85. The van der Waals surface area contributed by atoms with Crippen LogP contribution in [0.3, 0.4) is 0 Å². The van der Waals surface area contributed by atoms with Gasteiger partial charge in [-0.1, -0.05) is 113 Å². The first-order chi connectivity index (χ1) is 15.6. The van der Waals surface area contributed by atoms with Crippen LogP contribution in [0.25, 0.3) is 0 Å². The van der Waals surface area contributed by atoms with Gasteiger partial charge >= 0.3 is 0 Å². The second-order valence-electron chi connectivity index (χ2n) is 9.54. The summed E-state index contributed by atoms with van der Waals surface area (Å²) in [4.78, 5) is 0.636. The molecule has 0 bridgehead atoms. The number of hydrogen-bond acceptors (Lipinski definition) is 2. The van der Waals surface area contributed by atoms with Gasteiger partial charge in [0.2, 0.25) is 9.84 Å². The summed E-state index contributed by atoms with van der Waals surface area (Å²) in [6, 6.07) is 35.0. The van der Waals surface area contributed by atoms with Gasteiger partial charge in [0.25, 0.3) is 0 Å². The Morgan fingerprint density at radius 1 is 0.455 bits per heavy atom. The highest BCUT2D eigenvalue weighted by molar-refractivity contribution is 7.91. The van der Waals surface area contributed by atoms with Crippen LogP contribution >= 0.6 is 0 Å². The fourth-order valence-corrected chi connectivity index (χ4v) is 5.63. The predicted molar refractivity (Wildman–Crippen MR) is 135 cm³/mol. The Morgan fingerprint density at radius 2 is 0.788 bits per heavy atom. The molecule has 4 rings (SSSR count). The number of sulfone groups is 1. The highest BCUT2D eigenvalue weighted by atomic mass is 32.2. The first kappa shape index (κ1) is 23.0. The number of benzene rings is 4. The van der Waals surface area contributed by atoms with E-state index in [1.807, 2.05) is 72.8 Å². The third-order valence-corrected chi connectivity index (χ3v) is 8.47. The van der Waals surface area contributed by atoms with E-state index in [-0.39, 0.29) is 10.8 Å². The van der Waals surface area contributed by atoms with Gasteiger partial charge in [-0.05, 0) is 46.5 Å². The van der Waals surface area contributed by atoms with E-state index in [9.17, 15) is 8.42 Å². The van der Waals surface area contributed by atoms with E-state index in [0.717, 1.165) is 22.3 Å². The molecule has 0 heterocycles. The van der Waals surface area contributed by atoms with Crippen LogP contribution in [0, 0.1) is 0 Å². The summed E-state index contributed by atoms with van der Waals surface area (Å²) in [5, 5.41) is 0. The van der Waals surface area contributed by atoms with E-state index in [1.165, 1.54) is 0 Å². The zero-order chi connectivity index (χ0) is 23.7. The minimum Gasteiger partial charge on any atom is -0.219 e. The molecule has 0 N–H and O–H groups in total. The molecule has 0 saturated heterocycles. The van der Waals surface area contributed by atoms with Crippen molar-refractivity contribution in [3.8, 4) is 0 Å². The lowest BCUT2D eigenvalue weighted by Gasteiger charge is -2.27. The summed E-state index contributed by atoms with van der Waals surface area (Å²) in [5.74, 6) is 0. The van der Waals surface area contributed by atoms with Crippen LogP contribution < -0.4 is 0 Å². The monoisotopic (exact) mass is 454 g/mol. The summed E-state index contributed by atoms with van der Waals surface area (Å²) in [6.07, 6.45) is 0. The Morgan fingerprint density at radius 3 is 1.15 bits per heavy atom. The van der Waals surface area contributed by atoms with E-state index in [1.54, 1.807) is 12.1 Å². The summed E-state index contributed by atoms with van der Waals surface area (Å²) >= 11 is 0. The Labute approximate surface area is 197 Å². The largest absolute Gasteiger partial charge is 0.219 e. The number of hydrogen-bond donors (Lipinski definition) is 0. The molecule has 4 aromatic rings.